The van der Waals surface area contributed by atoms with Crippen molar-refractivity contribution in [1.29, 1.82) is 0 Å². The molecule has 106 valence electrons. The number of nitrogens with zero attached hydrogens (tertiary/aromatic N) is 1. The van der Waals surface area contributed by atoms with Gasteiger partial charge in [0.05, 0.1) is 24.9 Å². The quantitative estimate of drug-likeness (QED) is 0.858. The number of ether oxygens (including phenoxy) is 2. The molecular formula is C15H24N2O2. The van der Waals surface area contributed by atoms with Crippen molar-refractivity contribution in [1.82, 2.24) is 10.3 Å². The molecule has 4 nitrogen and oxygen atoms in total. The van der Waals surface area contributed by atoms with Crippen LogP contribution in [-0.4, -0.2) is 31.3 Å². The second-order valence-corrected chi connectivity index (χ2v) is 4.97. The highest BCUT2D eigenvalue weighted by atomic mass is 16.5. The lowest BCUT2D eigenvalue weighted by molar-refractivity contribution is -0.00672. The zero-order valence-corrected chi connectivity index (χ0v) is 11.9. The van der Waals surface area contributed by atoms with Gasteiger partial charge < -0.3 is 14.8 Å². The third kappa shape index (κ3) is 3.91. The highest BCUT2D eigenvalue weighted by molar-refractivity contribution is 5.26. The average Bonchev–Trinajstić information content (AvgIpc) is 2.47. The lowest BCUT2D eigenvalue weighted by Gasteiger charge is -2.30. The molecule has 1 N–H and O–H groups in total. The topological polar surface area (TPSA) is 43.4 Å². The van der Waals surface area contributed by atoms with Crippen LogP contribution >= 0.6 is 0 Å². The smallest absolute Gasteiger partial charge is 0.137 e. The van der Waals surface area contributed by atoms with Gasteiger partial charge >= 0.3 is 0 Å². The molecule has 0 aliphatic carbocycles. The lowest BCUT2D eigenvalue weighted by atomic mass is 9.97. The Kier molecular flexibility index (Phi) is 5.61. The highest BCUT2D eigenvalue weighted by Gasteiger charge is 2.25. The molecule has 2 atom stereocenters. The molecule has 2 rings (SSSR count). The maximum absolute atomic E-state index is 5.88. The molecule has 1 aliphatic heterocycles. The van der Waals surface area contributed by atoms with Crippen LogP contribution in [-0.2, 0) is 4.74 Å². The van der Waals surface area contributed by atoms with Crippen LogP contribution in [0.4, 0.5) is 0 Å². The fraction of sp³-hybridized carbons (Fsp3) is 0.667. The Bertz CT molecular complexity index is 378. The Morgan fingerprint density at radius 1 is 1.47 bits per heavy atom. The zero-order valence-electron chi connectivity index (χ0n) is 11.9. The predicted molar refractivity (Wildman–Crippen MR) is 75.4 cm³/mol. The van der Waals surface area contributed by atoms with Gasteiger partial charge in [-0.25, -0.2) is 0 Å². The van der Waals surface area contributed by atoms with E-state index in [9.17, 15) is 0 Å². The Morgan fingerprint density at radius 2 is 2.37 bits per heavy atom. The third-order valence-corrected chi connectivity index (χ3v) is 3.46. The maximum Gasteiger partial charge on any atom is 0.137 e. The summed E-state index contributed by atoms with van der Waals surface area (Å²) in [5.74, 6) is 0.843. The normalized spacial score (nSPS) is 21.1. The van der Waals surface area contributed by atoms with Gasteiger partial charge in [0.2, 0.25) is 0 Å². The van der Waals surface area contributed by atoms with Crippen molar-refractivity contribution in [3.63, 3.8) is 0 Å². The van der Waals surface area contributed by atoms with Crippen LogP contribution < -0.4 is 10.1 Å². The van der Waals surface area contributed by atoms with Gasteiger partial charge in [0.15, 0.2) is 0 Å². The van der Waals surface area contributed by atoms with E-state index in [2.05, 4.69) is 23.3 Å². The van der Waals surface area contributed by atoms with Crippen molar-refractivity contribution in [3.05, 3.63) is 24.0 Å². The fourth-order valence-electron chi connectivity index (χ4n) is 2.50. The standard InChI is InChI=1S/C15H24N2O2/c1-3-7-18-13-9-12(10-17-11-13)15(16-2)14-6-4-5-8-19-14/h9-11,14-16H,3-8H2,1-2H3. The van der Waals surface area contributed by atoms with E-state index >= 15 is 0 Å². The van der Waals surface area contributed by atoms with E-state index in [-0.39, 0.29) is 12.1 Å². The molecule has 4 heteroatoms. The summed E-state index contributed by atoms with van der Waals surface area (Å²) in [6.07, 6.45) is 8.43. The largest absolute Gasteiger partial charge is 0.492 e. The predicted octanol–water partition coefficient (Wildman–Crippen LogP) is 2.70. The van der Waals surface area contributed by atoms with Crippen molar-refractivity contribution in [2.24, 2.45) is 0 Å². The van der Waals surface area contributed by atoms with Gasteiger partial charge in [-0.2, -0.15) is 0 Å². The number of nitrogens with one attached hydrogen (secondary N) is 1. The molecule has 1 saturated heterocycles. The van der Waals surface area contributed by atoms with Gasteiger partial charge in [0.1, 0.15) is 5.75 Å². The molecule has 1 fully saturated rings. The number of rotatable bonds is 6. The van der Waals surface area contributed by atoms with Crippen LogP contribution in [0, 0.1) is 0 Å². The molecule has 0 aromatic carbocycles. The summed E-state index contributed by atoms with van der Waals surface area (Å²) < 4.78 is 11.5. The van der Waals surface area contributed by atoms with E-state index in [1.54, 1.807) is 6.20 Å². The lowest BCUT2D eigenvalue weighted by Crippen LogP contribution is -2.34. The molecule has 19 heavy (non-hydrogen) atoms. The summed E-state index contributed by atoms with van der Waals surface area (Å²) in [5, 5.41) is 3.35. The summed E-state index contributed by atoms with van der Waals surface area (Å²) >= 11 is 0. The first-order valence-electron chi connectivity index (χ1n) is 7.21. The minimum absolute atomic E-state index is 0.193. The van der Waals surface area contributed by atoms with Gasteiger partial charge in [-0.15, -0.1) is 0 Å². The van der Waals surface area contributed by atoms with Crippen LogP contribution in [0.5, 0.6) is 5.75 Å². The molecular weight excluding hydrogens is 240 g/mol. The zero-order chi connectivity index (χ0) is 13.5. The van der Waals surface area contributed by atoms with Crippen molar-refractivity contribution in [3.8, 4) is 5.75 Å². The first-order chi connectivity index (χ1) is 9.35. The second kappa shape index (κ2) is 7.46. The van der Waals surface area contributed by atoms with Crippen LogP contribution in [0.25, 0.3) is 0 Å². The molecule has 0 saturated carbocycles. The van der Waals surface area contributed by atoms with Crippen LogP contribution in [0.1, 0.15) is 44.2 Å². The monoisotopic (exact) mass is 264 g/mol. The highest BCUT2D eigenvalue weighted by Crippen LogP contribution is 2.27. The molecule has 1 aromatic rings. The minimum atomic E-state index is 0.193. The number of hydrogen-bond donors (Lipinski definition) is 1. The Labute approximate surface area is 115 Å². The van der Waals surface area contributed by atoms with Crippen LogP contribution in [0.2, 0.25) is 0 Å². The van der Waals surface area contributed by atoms with Gasteiger partial charge in [-0.3, -0.25) is 4.98 Å². The summed E-state index contributed by atoms with van der Waals surface area (Å²) in [6.45, 7) is 3.70. The first kappa shape index (κ1) is 14.3. The molecule has 0 radical (unpaired) electrons. The first-order valence-corrected chi connectivity index (χ1v) is 7.21. The maximum atomic E-state index is 5.88. The Hall–Kier alpha value is -1.13. The Morgan fingerprint density at radius 3 is 3.05 bits per heavy atom. The Balaban J connectivity index is 2.08. The van der Waals surface area contributed by atoms with Crippen molar-refractivity contribution >= 4 is 0 Å². The van der Waals surface area contributed by atoms with Gasteiger partial charge in [-0.1, -0.05) is 6.92 Å². The molecule has 2 unspecified atom stereocenters. The van der Waals surface area contributed by atoms with E-state index in [1.165, 1.54) is 12.8 Å². The van der Waals surface area contributed by atoms with Crippen molar-refractivity contribution in [2.75, 3.05) is 20.3 Å². The van der Waals surface area contributed by atoms with E-state index < -0.39 is 0 Å². The molecule has 1 aliphatic rings. The summed E-state index contributed by atoms with van der Waals surface area (Å²) in [7, 11) is 1.97. The number of likely N-dealkylation sites (N-methyl/N-ethyl adjacent to an activating group) is 1. The molecule has 0 amide bonds. The van der Waals surface area contributed by atoms with Crippen molar-refractivity contribution in [2.45, 2.75) is 44.8 Å². The minimum Gasteiger partial charge on any atom is -0.492 e. The molecule has 2 heterocycles. The SMILES string of the molecule is CCCOc1cncc(C(NC)C2CCCCO2)c1. The summed E-state index contributed by atoms with van der Waals surface area (Å²) in [5.41, 5.74) is 1.14. The molecule has 0 bridgehead atoms. The number of pyridine rings is 1. The number of hydrogen-bond acceptors (Lipinski definition) is 4. The van der Waals surface area contributed by atoms with E-state index in [0.717, 1.165) is 37.4 Å². The van der Waals surface area contributed by atoms with Gasteiger partial charge in [0.25, 0.3) is 0 Å². The van der Waals surface area contributed by atoms with Crippen LogP contribution in [0.3, 0.4) is 0 Å². The second-order valence-electron chi connectivity index (χ2n) is 4.97. The van der Waals surface area contributed by atoms with E-state index in [0.29, 0.717) is 0 Å². The van der Waals surface area contributed by atoms with Gasteiger partial charge in [0, 0.05) is 12.8 Å². The van der Waals surface area contributed by atoms with Crippen molar-refractivity contribution < 1.29 is 9.47 Å². The average molecular weight is 264 g/mol. The van der Waals surface area contributed by atoms with Crippen LogP contribution in [0.15, 0.2) is 18.5 Å². The van der Waals surface area contributed by atoms with E-state index in [1.807, 2.05) is 13.2 Å². The van der Waals surface area contributed by atoms with Gasteiger partial charge in [-0.05, 0) is 44.4 Å². The fourth-order valence-corrected chi connectivity index (χ4v) is 2.50. The molecule has 0 spiro atoms. The number of aromatic nitrogens is 1. The molecule has 1 aromatic heterocycles. The van der Waals surface area contributed by atoms with E-state index in [4.69, 9.17) is 9.47 Å². The summed E-state index contributed by atoms with van der Waals surface area (Å²) in [6, 6.07) is 2.26. The summed E-state index contributed by atoms with van der Waals surface area (Å²) in [4.78, 5) is 4.28. The third-order valence-electron chi connectivity index (χ3n) is 3.46.